The molecule has 6 nitrogen and oxygen atoms in total. The van der Waals surface area contributed by atoms with E-state index in [0.29, 0.717) is 24.2 Å². The molecule has 0 fully saturated rings. The van der Waals surface area contributed by atoms with Crippen molar-refractivity contribution in [1.29, 1.82) is 0 Å². The quantitative estimate of drug-likeness (QED) is 0.362. The molecule has 0 aliphatic heterocycles. The zero-order valence-corrected chi connectivity index (χ0v) is 20.3. The maximum Gasteiger partial charge on any atom is 0.243 e. The zero-order valence-electron chi connectivity index (χ0n) is 20.3. The molecule has 0 spiro atoms. The van der Waals surface area contributed by atoms with Crippen molar-refractivity contribution in [3.63, 3.8) is 0 Å². The van der Waals surface area contributed by atoms with E-state index in [4.69, 9.17) is 0 Å². The van der Waals surface area contributed by atoms with E-state index in [1.807, 2.05) is 118 Å². The van der Waals surface area contributed by atoms with Crippen LogP contribution in [0.15, 0.2) is 98.1 Å². The van der Waals surface area contributed by atoms with Gasteiger partial charge in [-0.05, 0) is 33.7 Å². The van der Waals surface area contributed by atoms with Gasteiger partial charge >= 0.3 is 0 Å². The molecule has 0 aliphatic rings. The minimum Gasteiger partial charge on any atom is -0.507 e. The lowest BCUT2D eigenvalue weighted by molar-refractivity contribution is -0.671. The number of aromatic hydroxyl groups is 2. The third-order valence-electron chi connectivity index (χ3n) is 6.80. The summed E-state index contributed by atoms with van der Waals surface area (Å²) in [5.41, 5.74) is 2.92. The minimum absolute atomic E-state index is 0.190. The van der Waals surface area contributed by atoms with E-state index in [0.717, 1.165) is 32.7 Å². The standard InChI is InChI=1S/C30H26N4O2/c1-31-11-13-33(19-31)17-23-15-21-7-3-5-9-25(21)27(29(23)35)28-26-10-6-4-8-22(26)16-24(30(28)36)18-34-14-12-32(2)20-34/h3-16,19-20H,17-18H2,1-2H3/p+2. The third kappa shape index (κ3) is 3.77. The number of fused-ring (bicyclic) bond motifs is 2. The number of hydrogen-bond donors (Lipinski definition) is 2. The monoisotopic (exact) mass is 476 g/mol. The first-order chi connectivity index (χ1) is 17.5. The van der Waals surface area contributed by atoms with Crippen molar-refractivity contribution in [2.75, 3.05) is 0 Å². The molecular weight excluding hydrogens is 448 g/mol. The van der Waals surface area contributed by atoms with Crippen LogP contribution in [0.25, 0.3) is 32.7 Å². The molecule has 0 unspecified atom stereocenters. The van der Waals surface area contributed by atoms with Gasteiger partial charge in [0.1, 0.15) is 49.4 Å². The molecule has 178 valence electrons. The predicted molar refractivity (Wildman–Crippen MR) is 140 cm³/mol. The lowest BCUT2D eigenvalue weighted by Gasteiger charge is -2.18. The Kier molecular flexibility index (Phi) is 5.22. The van der Waals surface area contributed by atoms with Crippen molar-refractivity contribution >= 4 is 21.5 Å². The molecule has 0 aliphatic carbocycles. The fourth-order valence-electron chi connectivity index (χ4n) is 5.12. The van der Waals surface area contributed by atoms with Gasteiger partial charge in [-0.1, -0.05) is 48.5 Å². The van der Waals surface area contributed by atoms with Crippen LogP contribution in [0.4, 0.5) is 0 Å². The summed E-state index contributed by atoms with van der Waals surface area (Å²) in [6.07, 6.45) is 11.9. The van der Waals surface area contributed by atoms with Gasteiger partial charge in [0.05, 0.1) is 14.1 Å². The van der Waals surface area contributed by atoms with E-state index in [-0.39, 0.29) is 11.5 Å². The van der Waals surface area contributed by atoms with E-state index in [9.17, 15) is 10.2 Å². The van der Waals surface area contributed by atoms with Crippen LogP contribution < -0.4 is 9.13 Å². The predicted octanol–water partition coefficient (Wildman–Crippen LogP) is 4.42. The number of benzene rings is 4. The number of imidazole rings is 2. The van der Waals surface area contributed by atoms with Crippen molar-refractivity contribution in [2.45, 2.75) is 13.1 Å². The lowest BCUT2D eigenvalue weighted by atomic mass is 9.88. The number of hydrogen-bond acceptors (Lipinski definition) is 2. The second kappa shape index (κ2) is 8.57. The van der Waals surface area contributed by atoms with E-state index in [2.05, 4.69) is 12.1 Å². The second-order valence-corrected chi connectivity index (χ2v) is 9.46. The molecule has 0 saturated heterocycles. The van der Waals surface area contributed by atoms with Crippen molar-refractivity contribution in [3.05, 3.63) is 109 Å². The van der Waals surface area contributed by atoms with Gasteiger partial charge in [-0.25, -0.2) is 18.3 Å². The van der Waals surface area contributed by atoms with Crippen LogP contribution in [-0.4, -0.2) is 19.3 Å². The molecule has 36 heavy (non-hydrogen) atoms. The van der Waals surface area contributed by atoms with Crippen LogP contribution in [0.3, 0.4) is 0 Å². The second-order valence-electron chi connectivity index (χ2n) is 9.46. The topological polar surface area (TPSA) is 58.1 Å². The van der Waals surface area contributed by atoms with E-state index >= 15 is 0 Å². The Labute approximate surface area is 209 Å². The van der Waals surface area contributed by atoms with Crippen molar-refractivity contribution in [1.82, 2.24) is 9.13 Å². The zero-order chi connectivity index (χ0) is 24.8. The number of phenols is 2. The van der Waals surface area contributed by atoms with Crippen LogP contribution in [-0.2, 0) is 27.2 Å². The highest BCUT2D eigenvalue weighted by atomic mass is 16.3. The van der Waals surface area contributed by atoms with Gasteiger partial charge in [-0.3, -0.25) is 0 Å². The smallest absolute Gasteiger partial charge is 0.243 e. The van der Waals surface area contributed by atoms with Crippen molar-refractivity contribution < 1.29 is 19.3 Å². The summed E-state index contributed by atoms with van der Waals surface area (Å²) in [5.74, 6) is 0.380. The van der Waals surface area contributed by atoms with Gasteiger partial charge in [0, 0.05) is 22.3 Å². The third-order valence-corrected chi connectivity index (χ3v) is 6.80. The van der Waals surface area contributed by atoms with Crippen LogP contribution in [0.2, 0.25) is 0 Å². The normalized spacial score (nSPS) is 11.5. The summed E-state index contributed by atoms with van der Waals surface area (Å²) < 4.78 is 8.02. The fraction of sp³-hybridized carbons (Fsp3) is 0.133. The number of aromatic nitrogens is 4. The van der Waals surface area contributed by atoms with Crippen molar-refractivity contribution in [3.8, 4) is 22.6 Å². The summed E-state index contributed by atoms with van der Waals surface area (Å²) in [4.78, 5) is 0. The summed E-state index contributed by atoms with van der Waals surface area (Å²) in [7, 11) is 3.95. The average Bonchev–Trinajstić information content (AvgIpc) is 3.48. The molecule has 2 aromatic heterocycles. The molecule has 0 amide bonds. The Hall–Kier alpha value is -4.58. The highest BCUT2D eigenvalue weighted by molar-refractivity contribution is 6.10. The molecular formula is C30H28N4O2+2. The number of phenolic OH excluding ortho intramolecular Hbond substituents is 2. The first-order valence-electron chi connectivity index (χ1n) is 12.0. The van der Waals surface area contributed by atoms with Gasteiger partial charge in [-0.2, -0.15) is 0 Å². The minimum atomic E-state index is 0.190. The average molecular weight is 477 g/mol. The van der Waals surface area contributed by atoms with Gasteiger partial charge in [-0.15, -0.1) is 0 Å². The summed E-state index contributed by atoms with van der Waals surface area (Å²) in [6.45, 7) is 1.03. The van der Waals surface area contributed by atoms with Crippen molar-refractivity contribution in [2.24, 2.45) is 14.1 Å². The van der Waals surface area contributed by atoms with Crippen LogP contribution >= 0.6 is 0 Å². The SMILES string of the molecule is C[n+]1ccn(Cc2cc3ccccc3c(-c3c(O)c(Cn4cc[n+](C)c4)cc4ccccc34)c2O)c1. The molecule has 6 heteroatoms. The van der Waals surface area contributed by atoms with E-state index in [1.165, 1.54) is 0 Å². The Morgan fingerprint density at radius 2 is 1.06 bits per heavy atom. The molecule has 0 radical (unpaired) electrons. The Morgan fingerprint density at radius 1 is 0.639 bits per heavy atom. The maximum absolute atomic E-state index is 11.7. The van der Waals surface area contributed by atoms with Crippen LogP contribution in [0.1, 0.15) is 11.1 Å². The van der Waals surface area contributed by atoms with Gasteiger partial charge in [0.2, 0.25) is 12.7 Å². The maximum atomic E-state index is 11.7. The Bertz CT molecular complexity index is 1620. The first kappa shape index (κ1) is 21.9. The Morgan fingerprint density at radius 3 is 1.44 bits per heavy atom. The van der Waals surface area contributed by atoms with Crippen LogP contribution in [0, 0.1) is 0 Å². The summed E-state index contributed by atoms with van der Waals surface area (Å²) >= 11 is 0. The number of rotatable bonds is 5. The van der Waals surface area contributed by atoms with Gasteiger partial charge in [0.25, 0.3) is 0 Å². The largest absolute Gasteiger partial charge is 0.507 e. The summed E-state index contributed by atoms with van der Waals surface area (Å²) in [5, 5.41) is 27.3. The molecule has 2 heterocycles. The van der Waals surface area contributed by atoms with E-state index < -0.39 is 0 Å². The molecule has 4 aromatic carbocycles. The first-order valence-corrected chi connectivity index (χ1v) is 12.0. The number of nitrogens with zero attached hydrogens (tertiary/aromatic N) is 4. The fourth-order valence-corrected chi connectivity index (χ4v) is 5.12. The molecule has 0 bridgehead atoms. The highest BCUT2D eigenvalue weighted by Crippen LogP contribution is 2.47. The molecule has 0 atom stereocenters. The van der Waals surface area contributed by atoms with Gasteiger partial charge in [0.15, 0.2) is 0 Å². The molecule has 6 rings (SSSR count). The number of aryl methyl sites for hydroxylation is 2. The highest BCUT2D eigenvalue weighted by Gasteiger charge is 2.23. The summed E-state index contributed by atoms with van der Waals surface area (Å²) in [6, 6.07) is 20.2. The van der Waals surface area contributed by atoms with E-state index in [1.54, 1.807) is 0 Å². The molecule has 0 saturated carbocycles. The lowest BCUT2D eigenvalue weighted by Crippen LogP contribution is -2.23. The molecule has 6 aromatic rings. The Balaban J connectivity index is 1.63. The molecule has 2 N–H and O–H groups in total. The van der Waals surface area contributed by atoms with Gasteiger partial charge < -0.3 is 10.2 Å². The van der Waals surface area contributed by atoms with Crippen LogP contribution in [0.5, 0.6) is 11.5 Å².